The molecule has 1 nitrogen and oxygen atoms in total. The molecule has 0 bridgehead atoms. The second kappa shape index (κ2) is 12.9. The summed E-state index contributed by atoms with van der Waals surface area (Å²) < 4.78 is 0. The average Bonchev–Trinajstić information content (AvgIpc) is 2.71. The summed E-state index contributed by atoms with van der Waals surface area (Å²) in [4.78, 5) is 4.60. The summed E-state index contributed by atoms with van der Waals surface area (Å²) in [5, 5.41) is 2.69. The van der Waals surface area contributed by atoms with E-state index in [0.717, 1.165) is 25.0 Å². The van der Waals surface area contributed by atoms with Gasteiger partial charge >= 0.3 is 0 Å². The van der Waals surface area contributed by atoms with E-state index in [1.165, 1.54) is 22.4 Å². The number of allylic oxidation sites excluding steroid dienone is 2. The van der Waals surface area contributed by atoms with Crippen molar-refractivity contribution < 1.29 is 0 Å². The minimum Gasteiger partial charge on any atom is -0.257 e. The van der Waals surface area contributed by atoms with Crippen LogP contribution in [0.15, 0.2) is 74.0 Å². The lowest BCUT2D eigenvalue weighted by atomic mass is 9.84. The molecule has 1 heteroatoms. The Hall–Kier alpha value is -2.41. The van der Waals surface area contributed by atoms with Crippen LogP contribution in [-0.2, 0) is 0 Å². The zero-order valence-corrected chi connectivity index (χ0v) is 16.6. The smallest absolute Gasteiger partial charge is 0.0670 e. The summed E-state index contributed by atoms with van der Waals surface area (Å²) in [5.41, 5.74) is 2.52. The number of hydrogen-bond acceptors (Lipinski definition) is 1. The highest BCUT2D eigenvalue weighted by Crippen LogP contribution is 2.27. The van der Waals surface area contributed by atoms with E-state index in [1.807, 2.05) is 12.3 Å². The van der Waals surface area contributed by atoms with Crippen molar-refractivity contribution in [1.29, 1.82) is 0 Å². The lowest BCUT2D eigenvalue weighted by Gasteiger charge is -2.21. The molecule has 0 spiro atoms. The van der Waals surface area contributed by atoms with E-state index in [4.69, 9.17) is 0 Å². The third-order valence-corrected chi connectivity index (χ3v) is 4.05. The molecule has 138 valence electrons. The topological polar surface area (TPSA) is 12.9 Å². The van der Waals surface area contributed by atoms with Crippen molar-refractivity contribution in [3.63, 3.8) is 0 Å². The van der Waals surface area contributed by atoms with Gasteiger partial charge in [-0.05, 0) is 53.3 Å². The molecule has 0 radical (unpaired) electrons. The average molecular weight is 348 g/mol. The Balaban J connectivity index is 0.000000615. The van der Waals surface area contributed by atoms with Gasteiger partial charge in [0, 0.05) is 6.20 Å². The minimum absolute atomic E-state index is 0.526. The highest BCUT2D eigenvalue weighted by Gasteiger charge is 2.18. The van der Waals surface area contributed by atoms with E-state index in [1.54, 1.807) is 0 Å². The quantitative estimate of drug-likeness (QED) is 0.651. The van der Waals surface area contributed by atoms with Crippen molar-refractivity contribution in [2.45, 2.75) is 46.5 Å². The van der Waals surface area contributed by atoms with E-state index in [2.05, 4.69) is 93.5 Å². The van der Waals surface area contributed by atoms with Gasteiger partial charge in [-0.15, -0.1) is 13.2 Å². The fourth-order valence-electron chi connectivity index (χ4n) is 3.04. The summed E-state index contributed by atoms with van der Waals surface area (Å²) in [5.74, 6) is 0.526. The van der Waals surface area contributed by atoms with Crippen LogP contribution in [0.3, 0.4) is 0 Å². The van der Waals surface area contributed by atoms with Crippen LogP contribution in [0.5, 0.6) is 0 Å². The Bertz CT molecular complexity index is 771. The number of pyridine rings is 1. The largest absolute Gasteiger partial charge is 0.257 e. The van der Waals surface area contributed by atoms with Crippen LogP contribution in [-0.4, -0.2) is 4.98 Å². The summed E-state index contributed by atoms with van der Waals surface area (Å²) in [6.07, 6.45) is 13.4. The van der Waals surface area contributed by atoms with E-state index in [9.17, 15) is 0 Å². The fourth-order valence-corrected chi connectivity index (χ4v) is 3.04. The molecule has 2 aromatic rings. The van der Waals surface area contributed by atoms with Gasteiger partial charge in [-0.2, -0.15) is 0 Å². The van der Waals surface area contributed by atoms with Crippen LogP contribution in [0.25, 0.3) is 11.6 Å². The van der Waals surface area contributed by atoms with Gasteiger partial charge in [-0.3, -0.25) is 4.98 Å². The van der Waals surface area contributed by atoms with Crippen LogP contribution in [0.1, 0.15) is 52.1 Å². The summed E-state index contributed by atoms with van der Waals surface area (Å²) in [6.45, 7) is 12.4. The molecular formula is C25H33N. The molecule has 3 rings (SSSR count). The van der Waals surface area contributed by atoms with Crippen LogP contribution in [0.4, 0.5) is 0 Å². The number of benzene rings is 1. The molecule has 0 amide bonds. The molecule has 0 aliphatic heterocycles. The van der Waals surface area contributed by atoms with Gasteiger partial charge < -0.3 is 0 Å². The first-order chi connectivity index (χ1) is 12.8. The zero-order chi connectivity index (χ0) is 19.2. The summed E-state index contributed by atoms with van der Waals surface area (Å²) >= 11 is 0. The van der Waals surface area contributed by atoms with Crippen LogP contribution in [0, 0.1) is 5.92 Å². The number of fused-ring (bicyclic) bond motifs is 1. The molecule has 0 saturated heterocycles. The van der Waals surface area contributed by atoms with E-state index >= 15 is 0 Å². The van der Waals surface area contributed by atoms with Crippen molar-refractivity contribution in [2.24, 2.45) is 5.92 Å². The lowest BCUT2D eigenvalue weighted by Crippen LogP contribution is -2.33. The fraction of sp³-hybridized carbons (Fsp3) is 0.320. The predicted molar refractivity (Wildman–Crippen MR) is 116 cm³/mol. The lowest BCUT2D eigenvalue weighted by molar-refractivity contribution is 0.697. The normalized spacial score (nSPS) is 15.0. The van der Waals surface area contributed by atoms with Crippen LogP contribution < -0.4 is 10.4 Å². The molecule has 1 unspecified atom stereocenters. The molecular weight excluding hydrogens is 314 g/mol. The number of nitrogens with zero attached hydrogens (tertiary/aromatic N) is 1. The van der Waals surface area contributed by atoms with Gasteiger partial charge in [0.25, 0.3) is 0 Å². The molecule has 26 heavy (non-hydrogen) atoms. The minimum atomic E-state index is 0.526. The van der Waals surface area contributed by atoms with Crippen molar-refractivity contribution >= 4 is 11.6 Å². The molecule has 1 heterocycles. The molecule has 1 aromatic carbocycles. The molecule has 0 fully saturated rings. The first-order valence-corrected chi connectivity index (χ1v) is 9.67. The first kappa shape index (κ1) is 21.6. The first-order valence-electron chi connectivity index (χ1n) is 9.67. The van der Waals surface area contributed by atoms with E-state index in [0.29, 0.717) is 5.92 Å². The molecule has 1 atom stereocenters. The van der Waals surface area contributed by atoms with Gasteiger partial charge in [0.2, 0.25) is 0 Å². The van der Waals surface area contributed by atoms with Gasteiger partial charge in [0.1, 0.15) is 0 Å². The van der Waals surface area contributed by atoms with Gasteiger partial charge in [-0.25, -0.2) is 0 Å². The Morgan fingerprint density at radius 3 is 2.35 bits per heavy atom. The van der Waals surface area contributed by atoms with E-state index < -0.39 is 0 Å². The highest BCUT2D eigenvalue weighted by atomic mass is 14.7. The highest BCUT2D eigenvalue weighted by molar-refractivity contribution is 5.67. The van der Waals surface area contributed by atoms with Crippen molar-refractivity contribution in [2.75, 3.05) is 0 Å². The maximum absolute atomic E-state index is 4.60. The van der Waals surface area contributed by atoms with Crippen LogP contribution >= 0.6 is 0 Å². The van der Waals surface area contributed by atoms with Crippen molar-refractivity contribution in [1.82, 2.24) is 4.98 Å². The second-order valence-corrected chi connectivity index (χ2v) is 6.18. The van der Waals surface area contributed by atoms with Crippen LogP contribution in [0.2, 0.25) is 0 Å². The molecule has 1 aliphatic rings. The number of rotatable bonds is 4. The van der Waals surface area contributed by atoms with E-state index in [-0.39, 0.29) is 0 Å². The number of aromatic nitrogens is 1. The Labute approximate surface area is 159 Å². The summed E-state index contributed by atoms with van der Waals surface area (Å²) in [6, 6.07) is 14.9. The van der Waals surface area contributed by atoms with Crippen molar-refractivity contribution in [3.05, 3.63) is 90.1 Å². The van der Waals surface area contributed by atoms with Crippen molar-refractivity contribution in [3.8, 4) is 0 Å². The Morgan fingerprint density at radius 2 is 1.69 bits per heavy atom. The molecule has 0 saturated carbocycles. The standard InChI is InChI=1S/C20H21N.C3H8.C2H4/c1-2-3-4-10-17-14-13-16-9-5-6-11-18(16)20(17)19-12-7-8-15-21-19;1-3-2;1-2/h3-9,11-13,15,17H,2,10,14H2,1H3;3H2,1-2H3;1-2H2. The molecule has 1 aromatic heterocycles. The van der Waals surface area contributed by atoms with Gasteiger partial charge in [-0.1, -0.05) is 75.8 Å². The third-order valence-electron chi connectivity index (χ3n) is 4.05. The third kappa shape index (κ3) is 6.15. The SMILES string of the molecule is C=C.CCC.CCC=CCC1CC=c2ccccc2=C1c1ccccn1. The van der Waals surface area contributed by atoms with Gasteiger partial charge in [0.15, 0.2) is 0 Å². The molecule has 0 N–H and O–H groups in total. The monoisotopic (exact) mass is 347 g/mol. The predicted octanol–water partition coefficient (Wildman–Crippen LogP) is 5.66. The molecule has 1 aliphatic carbocycles. The zero-order valence-electron chi connectivity index (χ0n) is 16.6. The number of hydrogen-bond donors (Lipinski definition) is 0. The van der Waals surface area contributed by atoms with Gasteiger partial charge in [0.05, 0.1) is 5.69 Å². The Kier molecular flexibility index (Phi) is 10.7. The summed E-state index contributed by atoms with van der Waals surface area (Å²) in [7, 11) is 0. The Morgan fingerprint density at radius 1 is 1.00 bits per heavy atom. The maximum Gasteiger partial charge on any atom is 0.0670 e. The maximum atomic E-state index is 4.60. The second-order valence-electron chi connectivity index (χ2n) is 6.18.